The van der Waals surface area contributed by atoms with Gasteiger partial charge in [-0.2, -0.15) is 0 Å². The van der Waals surface area contributed by atoms with Crippen LogP contribution in [0.1, 0.15) is 17.0 Å². The van der Waals surface area contributed by atoms with Crippen molar-refractivity contribution >= 4 is 49.4 Å². The van der Waals surface area contributed by atoms with Crippen molar-refractivity contribution in [2.24, 2.45) is 0 Å². The van der Waals surface area contributed by atoms with Gasteiger partial charge >= 0.3 is 5.97 Å². The minimum Gasteiger partial charge on any atom is -0.507 e. The highest BCUT2D eigenvalue weighted by Gasteiger charge is 2.40. The van der Waals surface area contributed by atoms with E-state index in [4.69, 9.17) is 4.74 Å². The van der Waals surface area contributed by atoms with E-state index in [0.29, 0.717) is 10.0 Å². The number of cyclic esters (lactones) is 1. The number of fused-ring (bicyclic) bond motifs is 6. The lowest BCUT2D eigenvalue weighted by Gasteiger charge is -2.29. The number of phenols is 1. The van der Waals surface area contributed by atoms with E-state index in [2.05, 4.69) is 31.2 Å². The number of halogens is 1. The molecule has 0 amide bonds. The first kappa shape index (κ1) is 17.4. The summed E-state index contributed by atoms with van der Waals surface area (Å²) in [5.74, 6) is -0.550. The van der Waals surface area contributed by atoms with Gasteiger partial charge < -0.3 is 15.2 Å². The van der Waals surface area contributed by atoms with Crippen molar-refractivity contribution in [3.8, 4) is 5.75 Å². The van der Waals surface area contributed by atoms with Gasteiger partial charge in [0.25, 0.3) is 0 Å². The second-order valence-corrected chi connectivity index (χ2v) is 8.18. The van der Waals surface area contributed by atoms with E-state index in [0.717, 1.165) is 44.3 Å². The summed E-state index contributed by atoms with van der Waals surface area (Å²) in [5.41, 5.74) is 5.68. The zero-order chi connectivity index (χ0) is 20.4. The molecule has 6 nitrogen and oxygen atoms in total. The Kier molecular flexibility index (Phi) is 3.64. The minimum absolute atomic E-state index is 0.144. The van der Waals surface area contributed by atoms with Gasteiger partial charge in [0, 0.05) is 29.1 Å². The number of rotatable bonds is 1. The summed E-state index contributed by atoms with van der Waals surface area (Å²) < 4.78 is 5.96. The molecule has 2 aliphatic heterocycles. The van der Waals surface area contributed by atoms with Crippen molar-refractivity contribution in [3.63, 3.8) is 0 Å². The van der Waals surface area contributed by atoms with Crippen molar-refractivity contribution in [2.45, 2.75) is 5.92 Å². The fourth-order valence-corrected chi connectivity index (χ4v) is 4.86. The molecule has 146 valence electrons. The molecule has 0 saturated carbocycles. The molecular formula is C23H14BrN3O3. The maximum atomic E-state index is 12.7. The number of benzene rings is 2. The molecule has 0 saturated heterocycles. The molecule has 0 aliphatic carbocycles. The van der Waals surface area contributed by atoms with Crippen LogP contribution < -0.4 is 5.32 Å². The number of ether oxygens (including phenoxy) is 1. The molecule has 1 atom stereocenters. The SMILES string of the molecule is O=C1OCC2=C1C(c1ccc(O)c(Br)c1)c1c(c3cccnc3c3ncccc13)N2. The second kappa shape index (κ2) is 6.27. The zero-order valence-corrected chi connectivity index (χ0v) is 17.1. The Labute approximate surface area is 179 Å². The van der Waals surface area contributed by atoms with Gasteiger partial charge in [0.1, 0.15) is 12.4 Å². The molecule has 4 aromatic rings. The Hall–Kier alpha value is -3.45. The molecule has 7 heteroatoms. The summed E-state index contributed by atoms with van der Waals surface area (Å²) in [4.78, 5) is 21.9. The lowest BCUT2D eigenvalue weighted by atomic mass is 9.78. The molecule has 0 fully saturated rings. The third kappa shape index (κ3) is 2.32. The van der Waals surface area contributed by atoms with Crippen LogP contribution in [0.15, 0.2) is 70.6 Å². The zero-order valence-electron chi connectivity index (χ0n) is 15.5. The topological polar surface area (TPSA) is 84.3 Å². The first-order valence-electron chi connectivity index (χ1n) is 9.44. The van der Waals surface area contributed by atoms with Gasteiger partial charge in [0.2, 0.25) is 0 Å². The Morgan fingerprint density at radius 2 is 1.80 bits per heavy atom. The molecule has 2 aromatic carbocycles. The molecule has 2 aliphatic rings. The first-order valence-corrected chi connectivity index (χ1v) is 10.2. The number of nitrogens with one attached hydrogen (secondary N) is 1. The van der Waals surface area contributed by atoms with Crippen LogP contribution in [-0.4, -0.2) is 27.7 Å². The van der Waals surface area contributed by atoms with Crippen LogP contribution in [-0.2, 0) is 9.53 Å². The highest BCUT2D eigenvalue weighted by atomic mass is 79.9. The molecule has 2 N–H and O–H groups in total. The van der Waals surface area contributed by atoms with Gasteiger partial charge in [-0.3, -0.25) is 9.97 Å². The standard InChI is InChI=1S/C23H14BrN3O3/c24-14-9-11(5-6-16(14)28)17-18-12-3-1-7-25-21(12)22-13(4-2-8-26-22)20(18)27-15-10-30-23(29)19(15)17/h1-9,17,27-28H,10H2. The predicted molar refractivity (Wildman–Crippen MR) is 116 cm³/mol. The van der Waals surface area contributed by atoms with Crippen LogP contribution in [0, 0.1) is 0 Å². The van der Waals surface area contributed by atoms with Crippen LogP contribution >= 0.6 is 15.9 Å². The number of carbonyl (C=O) groups is 1. The molecule has 30 heavy (non-hydrogen) atoms. The number of nitrogens with zero attached hydrogens (tertiary/aromatic N) is 2. The predicted octanol–water partition coefficient (Wildman–Crippen LogP) is 4.62. The van der Waals surface area contributed by atoms with Crippen LogP contribution in [0.3, 0.4) is 0 Å². The average molecular weight is 460 g/mol. The van der Waals surface area contributed by atoms with Crippen molar-refractivity contribution in [2.75, 3.05) is 11.9 Å². The number of phenolic OH excluding ortho intramolecular Hbond substituents is 1. The van der Waals surface area contributed by atoms with Gasteiger partial charge in [0.15, 0.2) is 0 Å². The van der Waals surface area contributed by atoms with Crippen LogP contribution in [0.5, 0.6) is 5.75 Å². The van der Waals surface area contributed by atoms with E-state index in [1.807, 2.05) is 36.4 Å². The summed E-state index contributed by atoms with van der Waals surface area (Å²) >= 11 is 3.41. The van der Waals surface area contributed by atoms with Crippen molar-refractivity contribution in [3.05, 3.63) is 81.7 Å². The highest BCUT2D eigenvalue weighted by Crippen LogP contribution is 2.50. The minimum atomic E-state index is -0.362. The molecular weight excluding hydrogens is 446 g/mol. The van der Waals surface area contributed by atoms with Crippen molar-refractivity contribution < 1.29 is 14.6 Å². The Balaban J connectivity index is 1.77. The third-order valence-electron chi connectivity index (χ3n) is 5.72. The van der Waals surface area contributed by atoms with Crippen molar-refractivity contribution in [1.82, 2.24) is 9.97 Å². The Bertz CT molecular complexity index is 1430. The lowest BCUT2D eigenvalue weighted by Crippen LogP contribution is -2.20. The van der Waals surface area contributed by atoms with Gasteiger partial charge in [0.05, 0.1) is 32.5 Å². The molecule has 2 aromatic heterocycles. The van der Waals surface area contributed by atoms with Crippen LogP contribution in [0.4, 0.5) is 5.69 Å². The number of esters is 1. The monoisotopic (exact) mass is 459 g/mol. The van der Waals surface area contributed by atoms with E-state index in [1.165, 1.54) is 0 Å². The van der Waals surface area contributed by atoms with E-state index in [1.54, 1.807) is 18.5 Å². The van der Waals surface area contributed by atoms with Gasteiger partial charge in [-0.25, -0.2) is 4.79 Å². The number of aromatic hydroxyl groups is 1. The normalized spacial score (nSPS) is 17.6. The smallest absolute Gasteiger partial charge is 0.337 e. The van der Waals surface area contributed by atoms with E-state index in [9.17, 15) is 9.90 Å². The Morgan fingerprint density at radius 1 is 1.07 bits per heavy atom. The quantitative estimate of drug-likeness (QED) is 0.319. The largest absolute Gasteiger partial charge is 0.507 e. The van der Waals surface area contributed by atoms with Crippen molar-refractivity contribution in [1.29, 1.82) is 0 Å². The van der Waals surface area contributed by atoms with Gasteiger partial charge in [-0.15, -0.1) is 0 Å². The number of pyridine rings is 2. The average Bonchev–Trinajstić information content (AvgIpc) is 3.15. The number of hydrogen-bond donors (Lipinski definition) is 2. The van der Waals surface area contributed by atoms with E-state index < -0.39 is 0 Å². The molecule has 6 rings (SSSR count). The molecule has 4 heterocycles. The third-order valence-corrected chi connectivity index (χ3v) is 6.35. The number of anilines is 1. The maximum Gasteiger partial charge on any atom is 0.337 e. The second-order valence-electron chi connectivity index (χ2n) is 7.33. The van der Waals surface area contributed by atoms with Crippen LogP contribution in [0.2, 0.25) is 0 Å². The van der Waals surface area contributed by atoms with E-state index >= 15 is 0 Å². The number of aromatic nitrogens is 2. The molecule has 1 unspecified atom stereocenters. The summed E-state index contributed by atoms with van der Waals surface area (Å²) in [7, 11) is 0. The lowest BCUT2D eigenvalue weighted by molar-refractivity contribution is -0.136. The van der Waals surface area contributed by atoms with E-state index in [-0.39, 0.29) is 24.2 Å². The highest BCUT2D eigenvalue weighted by molar-refractivity contribution is 9.10. The molecule has 0 bridgehead atoms. The van der Waals surface area contributed by atoms with Gasteiger partial charge in [-0.1, -0.05) is 12.1 Å². The number of carbonyl (C=O) groups excluding carboxylic acids is 1. The molecule has 0 radical (unpaired) electrons. The first-order chi connectivity index (χ1) is 14.6. The summed E-state index contributed by atoms with van der Waals surface area (Å²) in [5, 5.41) is 15.3. The maximum absolute atomic E-state index is 12.7. The summed E-state index contributed by atoms with van der Waals surface area (Å²) in [6, 6.07) is 13.1. The van der Waals surface area contributed by atoms with Crippen LogP contribution in [0.25, 0.3) is 21.8 Å². The fourth-order valence-electron chi connectivity index (χ4n) is 4.46. The summed E-state index contributed by atoms with van der Waals surface area (Å²) in [6.07, 6.45) is 3.51. The summed E-state index contributed by atoms with van der Waals surface area (Å²) in [6.45, 7) is 0.205. The number of hydrogen-bond acceptors (Lipinski definition) is 6. The molecule has 0 spiro atoms. The Morgan fingerprint density at radius 3 is 2.57 bits per heavy atom. The van der Waals surface area contributed by atoms with Gasteiger partial charge in [-0.05, 0) is 57.4 Å². The fraction of sp³-hybridized carbons (Fsp3) is 0.0870.